The highest BCUT2D eigenvalue weighted by Crippen LogP contribution is 2.40. The number of methoxy groups -OCH3 is 1. The maximum atomic E-state index is 12.7. The second-order valence-electron chi connectivity index (χ2n) is 4.93. The number of hydrogen-bond acceptors (Lipinski definition) is 4. The van der Waals surface area contributed by atoms with Crippen molar-refractivity contribution in [2.75, 3.05) is 7.11 Å². The number of ketones is 2. The summed E-state index contributed by atoms with van der Waals surface area (Å²) in [5, 5.41) is 0. The Morgan fingerprint density at radius 1 is 1.29 bits per heavy atom. The minimum absolute atomic E-state index is 0.154. The third-order valence-electron chi connectivity index (χ3n) is 3.66. The fourth-order valence-electron chi connectivity index (χ4n) is 2.61. The fourth-order valence-corrected chi connectivity index (χ4v) is 2.61. The molecule has 1 heterocycles. The number of allylic oxidation sites excluding steroid dienone is 4. The summed E-state index contributed by atoms with van der Waals surface area (Å²) in [6.07, 6.45) is 0.685. The molecule has 2 aliphatic rings. The van der Waals surface area contributed by atoms with Gasteiger partial charge in [-0.1, -0.05) is 30.8 Å². The summed E-state index contributed by atoms with van der Waals surface area (Å²) < 4.78 is 10.7. The summed E-state index contributed by atoms with van der Waals surface area (Å²) in [4.78, 5) is 24.3. The second kappa shape index (κ2) is 4.82. The molecule has 1 unspecified atom stereocenters. The van der Waals surface area contributed by atoms with Gasteiger partial charge in [-0.05, 0) is 22.8 Å². The van der Waals surface area contributed by atoms with Crippen LogP contribution in [0.1, 0.15) is 22.8 Å². The van der Waals surface area contributed by atoms with E-state index in [1.165, 1.54) is 14.0 Å². The van der Waals surface area contributed by atoms with Crippen LogP contribution in [0.25, 0.3) is 5.57 Å². The molecule has 106 valence electrons. The maximum absolute atomic E-state index is 12.7. The first-order valence-corrected chi connectivity index (χ1v) is 6.54. The monoisotopic (exact) mass is 282 g/mol. The molecule has 0 N–H and O–H groups in total. The lowest BCUT2D eigenvalue weighted by molar-refractivity contribution is -0.124. The van der Waals surface area contributed by atoms with E-state index >= 15 is 0 Å². The van der Waals surface area contributed by atoms with E-state index in [-0.39, 0.29) is 17.3 Å². The standard InChI is InChI=1S/C17H14O4/c1-9-11-6-4-5-7-12(11)16(19)15-13(9)8-14(10(2)18)21-17(15)20-3/h4-8,17H,1H2,2-3H3. The number of fused-ring (bicyclic) bond motifs is 1. The molecule has 0 bridgehead atoms. The van der Waals surface area contributed by atoms with Crippen LogP contribution < -0.4 is 0 Å². The number of benzene rings is 1. The Balaban J connectivity index is 2.23. The maximum Gasteiger partial charge on any atom is 0.231 e. The minimum atomic E-state index is -0.887. The van der Waals surface area contributed by atoms with E-state index in [0.29, 0.717) is 22.3 Å². The Hall–Kier alpha value is -2.46. The van der Waals surface area contributed by atoms with Crippen molar-refractivity contribution in [3.8, 4) is 0 Å². The number of carbonyl (C=O) groups excluding carboxylic acids is 2. The Morgan fingerprint density at radius 2 is 1.95 bits per heavy atom. The normalized spacial score (nSPS) is 20.5. The fraction of sp³-hybridized carbons (Fsp3) is 0.176. The lowest BCUT2D eigenvalue weighted by Crippen LogP contribution is -2.32. The zero-order valence-electron chi connectivity index (χ0n) is 11.8. The first-order valence-electron chi connectivity index (χ1n) is 6.54. The van der Waals surface area contributed by atoms with Gasteiger partial charge in [0, 0.05) is 19.6 Å². The molecule has 4 heteroatoms. The van der Waals surface area contributed by atoms with E-state index in [9.17, 15) is 9.59 Å². The molecule has 1 aromatic rings. The molecule has 3 rings (SSSR count). The third kappa shape index (κ3) is 1.96. The Bertz CT molecular complexity index is 737. The van der Waals surface area contributed by atoms with Gasteiger partial charge in [-0.2, -0.15) is 0 Å². The Morgan fingerprint density at radius 3 is 2.57 bits per heavy atom. The van der Waals surface area contributed by atoms with Gasteiger partial charge >= 0.3 is 0 Å². The Kier molecular flexibility index (Phi) is 3.11. The molecule has 0 radical (unpaired) electrons. The van der Waals surface area contributed by atoms with Gasteiger partial charge in [0.05, 0.1) is 5.57 Å². The average Bonchev–Trinajstić information content (AvgIpc) is 2.51. The summed E-state index contributed by atoms with van der Waals surface area (Å²) in [5.41, 5.74) is 3.06. The molecule has 0 saturated heterocycles. The predicted octanol–water partition coefficient (Wildman–Crippen LogP) is 2.67. The van der Waals surface area contributed by atoms with E-state index in [1.807, 2.05) is 12.1 Å². The van der Waals surface area contributed by atoms with Crippen molar-refractivity contribution < 1.29 is 19.1 Å². The smallest absolute Gasteiger partial charge is 0.231 e. The van der Waals surface area contributed by atoms with Crippen LogP contribution in [0.3, 0.4) is 0 Å². The molecule has 1 aliphatic carbocycles. The van der Waals surface area contributed by atoms with Gasteiger partial charge in [0.15, 0.2) is 17.3 Å². The van der Waals surface area contributed by atoms with E-state index in [4.69, 9.17) is 9.47 Å². The minimum Gasteiger partial charge on any atom is -0.457 e. The molecular formula is C17H14O4. The van der Waals surface area contributed by atoms with Crippen molar-refractivity contribution in [2.45, 2.75) is 13.2 Å². The number of ether oxygens (including phenoxy) is 2. The average molecular weight is 282 g/mol. The number of rotatable bonds is 2. The first kappa shape index (κ1) is 13.5. The molecule has 21 heavy (non-hydrogen) atoms. The van der Waals surface area contributed by atoms with Crippen LogP contribution in [0.5, 0.6) is 0 Å². The van der Waals surface area contributed by atoms with Crippen molar-refractivity contribution in [3.63, 3.8) is 0 Å². The van der Waals surface area contributed by atoms with Crippen molar-refractivity contribution in [1.82, 2.24) is 0 Å². The van der Waals surface area contributed by atoms with Gasteiger partial charge in [-0.3, -0.25) is 9.59 Å². The van der Waals surface area contributed by atoms with Crippen LogP contribution in [0.15, 0.2) is 53.8 Å². The molecule has 4 nitrogen and oxygen atoms in total. The van der Waals surface area contributed by atoms with Crippen molar-refractivity contribution in [1.29, 1.82) is 0 Å². The third-order valence-corrected chi connectivity index (χ3v) is 3.66. The summed E-state index contributed by atoms with van der Waals surface area (Å²) >= 11 is 0. The van der Waals surface area contributed by atoms with Gasteiger partial charge < -0.3 is 9.47 Å². The highest BCUT2D eigenvalue weighted by molar-refractivity contribution is 6.18. The van der Waals surface area contributed by atoms with Crippen LogP contribution >= 0.6 is 0 Å². The van der Waals surface area contributed by atoms with Crippen LogP contribution in [0.2, 0.25) is 0 Å². The van der Waals surface area contributed by atoms with Crippen molar-refractivity contribution >= 4 is 17.1 Å². The second-order valence-corrected chi connectivity index (χ2v) is 4.93. The molecule has 0 aromatic heterocycles. The Labute approximate surface area is 122 Å². The number of hydrogen-bond donors (Lipinski definition) is 0. The molecule has 0 fully saturated rings. The highest BCUT2D eigenvalue weighted by Gasteiger charge is 2.37. The predicted molar refractivity (Wildman–Crippen MR) is 77.5 cm³/mol. The molecule has 0 saturated carbocycles. The molecule has 1 aliphatic heterocycles. The van der Waals surface area contributed by atoms with Crippen LogP contribution in [-0.2, 0) is 14.3 Å². The number of carbonyl (C=O) groups is 2. The quantitative estimate of drug-likeness (QED) is 0.837. The molecule has 0 amide bonds. The van der Waals surface area contributed by atoms with E-state index in [0.717, 1.165) is 5.56 Å². The van der Waals surface area contributed by atoms with E-state index in [2.05, 4.69) is 6.58 Å². The van der Waals surface area contributed by atoms with Gasteiger partial charge in [0.2, 0.25) is 6.29 Å². The van der Waals surface area contributed by atoms with Crippen LogP contribution in [-0.4, -0.2) is 25.0 Å². The molecule has 1 atom stereocenters. The van der Waals surface area contributed by atoms with Crippen molar-refractivity contribution in [3.05, 3.63) is 65.0 Å². The molecule has 0 spiro atoms. The summed E-state index contributed by atoms with van der Waals surface area (Å²) in [6, 6.07) is 7.25. The van der Waals surface area contributed by atoms with Gasteiger partial charge in [0.1, 0.15) is 0 Å². The molecule has 1 aromatic carbocycles. The zero-order valence-corrected chi connectivity index (χ0v) is 11.8. The molecular weight excluding hydrogens is 268 g/mol. The van der Waals surface area contributed by atoms with Crippen molar-refractivity contribution in [2.24, 2.45) is 0 Å². The van der Waals surface area contributed by atoms with Gasteiger partial charge in [-0.15, -0.1) is 0 Å². The largest absolute Gasteiger partial charge is 0.457 e. The SMILES string of the molecule is C=C1C2=C(C(=O)c3ccccc31)C(OC)OC(C(C)=O)=C2. The summed E-state index contributed by atoms with van der Waals surface area (Å²) in [5.74, 6) is -0.199. The van der Waals surface area contributed by atoms with Gasteiger partial charge in [0.25, 0.3) is 0 Å². The summed E-state index contributed by atoms with van der Waals surface area (Å²) in [6.45, 7) is 5.47. The topological polar surface area (TPSA) is 52.6 Å². The zero-order chi connectivity index (χ0) is 15.1. The van der Waals surface area contributed by atoms with Crippen LogP contribution in [0, 0.1) is 0 Å². The highest BCUT2D eigenvalue weighted by atomic mass is 16.7. The lowest BCUT2D eigenvalue weighted by Gasteiger charge is -2.31. The van der Waals surface area contributed by atoms with Crippen LogP contribution in [0.4, 0.5) is 0 Å². The lowest BCUT2D eigenvalue weighted by atomic mass is 9.80. The first-order chi connectivity index (χ1) is 10.0. The van der Waals surface area contributed by atoms with E-state index < -0.39 is 6.29 Å². The van der Waals surface area contributed by atoms with E-state index in [1.54, 1.807) is 18.2 Å². The van der Waals surface area contributed by atoms with Gasteiger partial charge in [-0.25, -0.2) is 0 Å². The number of Topliss-reactive ketones (excluding diaryl/α,β-unsaturated/α-hetero) is 2. The summed E-state index contributed by atoms with van der Waals surface area (Å²) in [7, 11) is 1.44.